The van der Waals surface area contributed by atoms with Crippen LogP contribution in [0.3, 0.4) is 0 Å². The molecule has 55 valence electrons. The van der Waals surface area contributed by atoms with Crippen LogP contribution in [0.15, 0.2) is 12.1 Å². The van der Waals surface area contributed by atoms with Crippen molar-refractivity contribution in [3.63, 3.8) is 0 Å². The van der Waals surface area contributed by atoms with Gasteiger partial charge in [-0.2, -0.15) is 0 Å². The van der Waals surface area contributed by atoms with Gasteiger partial charge in [-0.1, -0.05) is 23.2 Å². The fourth-order valence-electron chi connectivity index (χ4n) is 0.877. The number of H-pyrrole nitrogens is 1. The molecule has 0 aliphatic carbocycles. The third-order valence-corrected chi connectivity index (χ3v) is 2.13. The molecule has 0 fully saturated rings. The van der Waals surface area contributed by atoms with Crippen LogP contribution in [0.1, 0.15) is 0 Å². The topological polar surface area (TPSA) is 28.7 Å². The Morgan fingerprint density at radius 3 is 2.82 bits per heavy atom. The van der Waals surface area contributed by atoms with Gasteiger partial charge in [-0.05, 0) is 12.1 Å². The Labute approximate surface area is 73.1 Å². The van der Waals surface area contributed by atoms with E-state index in [1.54, 1.807) is 12.1 Å². The molecule has 0 saturated heterocycles. The molecule has 0 saturated carbocycles. The Kier molecular flexibility index (Phi) is 1.51. The van der Waals surface area contributed by atoms with Gasteiger partial charge in [0.1, 0.15) is 0 Å². The summed E-state index contributed by atoms with van der Waals surface area (Å²) in [5, 5.41) is 1.04. The Bertz CT molecular complexity index is 358. The van der Waals surface area contributed by atoms with Crippen molar-refractivity contribution in [3.05, 3.63) is 28.5 Å². The minimum Gasteiger partial charge on any atom is -0.335 e. The maximum atomic E-state index is 5.75. The Morgan fingerprint density at radius 1 is 1.27 bits per heavy atom. The summed E-state index contributed by atoms with van der Waals surface area (Å²) < 4.78 is 0. The molecular formula is C7H3Cl2N2. The zero-order valence-corrected chi connectivity index (χ0v) is 6.87. The van der Waals surface area contributed by atoms with Crippen LogP contribution in [0.25, 0.3) is 11.0 Å². The number of imidazole rings is 1. The van der Waals surface area contributed by atoms with E-state index in [4.69, 9.17) is 23.2 Å². The number of hydrogen-bond acceptors (Lipinski definition) is 1. The first-order chi connectivity index (χ1) is 5.27. The normalized spacial score (nSPS) is 10.7. The van der Waals surface area contributed by atoms with Crippen molar-refractivity contribution in [3.8, 4) is 0 Å². The average molecular weight is 186 g/mol. The predicted molar refractivity (Wildman–Crippen MR) is 44.9 cm³/mol. The van der Waals surface area contributed by atoms with Crippen LogP contribution in [0, 0.1) is 6.33 Å². The van der Waals surface area contributed by atoms with Crippen molar-refractivity contribution in [2.45, 2.75) is 0 Å². The summed E-state index contributed by atoms with van der Waals surface area (Å²) >= 11 is 11.5. The van der Waals surface area contributed by atoms with Crippen molar-refractivity contribution in [2.24, 2.45) is 0 Å². The first-order valence-electron chi connectivity index (χ1n) is 2.98. The molecule has 0 atom stereocenters. The molecule has 0 amide bonds. The van der Waals surface area contributed by atoms with Crippen LogP contribution in [-0.2, 0) is 0 Å². The van der Waals surface area contributed by atoms with Gasteiger partial charge in [-0.3, -0.25) is 0 Å². The summed E-state index contributed by atoms with van der Waals surface area (Å²) in [6.45, 7) is 0. The molecule has 4 heteroatoms. The number of rotatable bonds is 0. The first-order valence-corrected chi connectivity index (χ1v) is 3.74. The van der Waals surface area contributed by atoms with Crippen LogP contribution in [-0.4, -0.2) is 9.97 Å². The second-order valence-electron chi connectivity index (χ2n) is 2.13. The zero-order valence-electron chi connectivity index (χ0n) is 5.36. The van der Waals surface area contributed by atoms with Crippen LogP contribution in [0.2, 0.25) is 10.0 Å². The van der Waals surface area contributed by atoms with Gasteiger partial charge >= 0.3 is 0 Å². The Hall–Kier alpha value is -0.730. The summed E-state index contributed by atoms with van der Waals surface area (Å²) in [4.78, 5) is 6.71. The van der Waals surface area contributed by atoms with Crippen LogP contribution >= 0.6 is 23.2 Å². The van der Waals surface area contributed by atoms with E-state index in [9.17, 15) is 0 Å². The third-order valence-electron chi connectivity index (χ3n) is 1.41. The van der Waals surface area contributed by atoms with E-state index in [2.05, 4.69) is 16.3 Å². The van der Waals surface area contributed by atoms with E-state index in [0.29, 0.717) is 10.0 Å². The highest BCUT2D eigenvalue weighted by molar-refractivity contribution is 6.42. The molecule has 1 aromatic carbocycles. The molecular weight excluding hydrogens is 183 g/mol. The summed E-state index contributed by atoms with van der Waals surface area (Å²) in [5.41, 5.74) is 1.62. The summed E-state index contributed by atoms with van der Waals surface area (Å²) in [6.07, 6.45) is 2.60. The number of hydrogen-bond donors (Lipinski definition) is 1. The monoisotopic (exact) mass is 185 g/mol. The lowest BCUT2D eigenvalue weighted by molar-refractivity contribution is 1.32. The maximum Gasteiger partial charge on any atom is 0.174 e. The first kappa shape index (κ1) is 6.95. The fourth-order valence-corrected chi connectivity index (χ4v) is 1.20. The third kappa shape index (κ3) is 1.08. The van der Waals surface area contributed by atoms with Crippen molar-refractivity contribution in [1.82, 2.24) is 9.97 Å². The lowest BCUT2D eigenvalue weighted by Crippen LogP contribution is -1.71. The molecule has 2 nitrogen and oxygen atoms in total. The maximum absolute atomic E-state index is 5.75. The van der Waals surface area contributed by atoms with Crippen molar-refractivity contribution in [1.29, 1.82) is 0 Å². The number of fused-ring (bicyclic) bond motifs is 1. The summed E-state index contributed by atoms with van der Waals surface area (Å²) in [5.74, 6) is 0. The number of benzene rings is 1. The van der Waals surface area contributed by atoms with E-state index in [-0.39, 0.29) is 0 Å². The average Bonchev–Trinajstić information content (AvgIpc) is 2.36. The van der Waals surface area contributed by atoms with Gasteiger partial charge in [0.2, 0.25) is 0 Å². The van der Waals surface area contributed by atoms with Gasteiger partial charge < -0.3 is 4.98 Å². The smallest absolute Gasteiger partial charge is 0.174 e. The van der Waals surface area contributed by atoms with E-state index < -0.39 is 0 Å². The number of nitrogens with one attached hydrogen (secondary N) is 1. The zero-order chi connectivity index (χ0) is 7.84. The minimum absolute atomic E-state index is 0.514. The number of aromatic amines is 1. The van der Waals surface area contributed by atoms with Crippen molar-refractivity contribution < 1.29 is 0 Å². The van der Waals surface area contributed by atoms with Gasteiger partial charge in [-0.15, -0.1) is 0 Å². The van der Waals surface area contributed by atoms with Gasteiger partial charge in [0.05, 0.1) is 21.1 Å². The summed E-state index contributed by atoms with van der Waals surface area (Å²) in [7, 11) is 0. The molecule has 2 aromatic rings. The molecule has 2 rings (SSSR count). The minimum atomic E-state index is 0.514. The SMILES string of the molecule is Clc1cc2n[c][nH]c2cc1Cl. The van der Waals surface area contributed by atoms with Gasteiger partial charge in [-0.25, -0.2) is 4.98 Å². The van der Waals surface area contributed by atoms with E-state index in [0.717, 1.165) is 11.0 Å². The number of halogens is 2. The van der Waals surface area contributed by atoms with Crippen LogP contribution in [0.5, 0.6) is 0 Å². The lowest BCUT2D eigenvalue weighted by Gasteiger charge is -1.93. The molecule has 0 aliphatic heterocycles. The lowest BCUT2D eigenvalue weighted by atomic mass is 10.3. The molecule has 1 heterocycles. The van der Waals surface area contributed by atoms with Gasteiger partial charge in [0.15, 0.2) is 6.33 Å². The Balaban J connectivity index is 2.86. The number of aromatic nitrogens is 2. The highest BCUT2D eigenvalue weighted by Gasteiger charge is 2.01. The second kappa shape index (κ2) is 2.40. The molecule has 0 spiro atoms. The Morgan fingerprint density at radius 2 is 2.00 bits per heavy atom. The van der Waals surface area contributed by atoms with Gasteiger partial charge in [0, 0.05) is 0 Å². The molecule has 0 unspecified atom stereocenters. The van der Waals surface area contributed by atoms with E-state index >= 15 is 0 Å². The molecule has 0 aliphatic rings. The quantitative estimate of drug-likeness (QED) is 0.673. The second-order valence-corrected chi connectivity index (χ2v) is 2.95. The molecule has 1 aromatic heterocycles. The van der Waals surface area contributed by atoms with Crippen LogP contribution in [0.4, 0.5) is 0 Å². The fraction of sp³-hybridized carbons (Fsp3) is 0. The standard InChI is InChI=1S/C7H3Cl2N2/c8-4-1-6-7(2-5(4)9)11-3-10-6/h1-2H,(H,10,11). The summed E-state index contributed by atoms with van der Waals surface area (Å²) in [6, 6.07) is 3.43. The largest absolute Gasteiger partial charge is 0.335 e. The predicted octanol–water partition coefficient (Wildman–Crippen LogP) is 2.67. The van der Waals surface area contributed by atoms with E-state index in [1.807, 2.05) is 0 Å². The van der Waals surface area contributed by atoms with E-state index in [1.165, 1.54) is 0 Å². The van der Waals surface area contributed by atoms with Gasteiger partial charge in [0.25, 0.3) is 0 Å². The van der Waals surface area contributed by atoms with Crippen LogP contribution < -0.4 is 0 Å². The molecule has 11 heavy (non-hydrogen) atoms. The molecule has 1 radical (unpaired) electrons. The van der Waals surface area contributed by atoms with Crippen molar-refractivity contribution in [2.75, 3.05) is 0 Å². The number of nitrogens with zero attached hydrogens (tertiary/aromatic N) is 1. The highest BCUT2D eigenvalue weighted by atomic mass is 35.5. The molecule has 1 N–H and O–H groups in total. The van der Waals surface area contributed by atoms with Crippen molar-refractivity contribution >= 4 is 34.2 Å². The molecule has 0 bridgehead atoms. The highest BCUT2D eigenvalue weighted by Crippen LogP contribution is 2.25.